The molecule has 1 heterocycles. The summed E-state index contributed by atoms with van der Waals surface area (Å²) >= 11 is 0. The Hall–Kier alpha value is -2.80. The van der Waals surface area contributed by atoms with Crippen molar-refractivity contribution in [3.63, 3.8) is 0 Å². The number of nitrogen functional groups attached to an aromatic ring is 1. The maximum atomic E-state index is 9.12. The van der Waals surface area contributed by atoms with E-state index in [9.17, 15) is 0 Å². The van der Waals surface area contributed by atoms with Crippen LogP contribution in [0.15, 0.2) is 42.5 Å². The Kier molecular flexibility index (Phi) is 2.88. The predicted molar refractivity (Wildman–Crippen MR) is 79.1 cm³/mol. The second-order valence-corrected chi connectivity index (χ2v) is 4.83. The van der Waals surface area contributed by atoms with E-state index in [0.29, 0.717) is 23.6 Å². The average Bonchev–Trinajstić information content (AvgIpc) is 2.77. The smallest absolute Gasteiger partial charge is 0.201 e. The summed E-state index contributed by atoms with van der Waals surface area (Å²) in [5, 5.41) is 9.12. The maximum absolute atomic E-state index is 9.12. The summed E-state index contributed by atoms with van der Waals surface area (Å²) < 4.78 is 1.93. The fraction of sp³-hybridized carbons (Fsp3) is 0.125. The van der Waals surface area contributed by atoms with Crippen LogP contribution in [0.3, 0.4) is 0 Å². The molecule has 1 aromatic heterocycles. The molecule has 0 unspecified atom stereocenters. The van der Waals surface area contributed by atoms with E-state index in [1.54, 1.807) is 6.07 Å². The Labute approximate surface area is 117 Å². The first-order valence-corrected chi connectivity index (χ1v) is 6.39. The molecule has 3 rings (SSSR count). The number of hydrogen-bond donors (Lipinski definition) is 1. The van der Waals surface area contributed by atoms with Gasteiger partial charge in [0.2, 0.25) is 5.95 Å². The van der Waals surface area contributed by atoms with Crippen LogP contribution in [0.4, 0.5) is 5.95 Å². The highest BCUT2D eigenvalue weighted by molar-refractivity contribution is 5.84. The number of hydrogen-bond acceptors (Lipinski definition) is 3. The van der Waals surface area contributed by atoms with Crippen LogP contribution in [0.2, 0.25) is 0 Å². The van der Waals surface area contributed by atoms with E-state index in [1.165, 1.54) is 5.56 Å². The predicted octanol–water partition coefficient (Wildman–Crippen LogP) is 2.85. The molecule has 0 spiro atoms. The second-order valence-electron chi connectivity index (χ2n) is 4.83. The molecule has 0 aliphatic heterocycles. The van der Waals surface area contributed by atoms with Gasteiger partial charge in [-0.05, 0) is 24.6 Å². The molecule has 4 nitrogen and oxygen atoms in total. The van der Waals surface area contributed by atoms with Gasteiger partial charge < -0.3 is 10.3 Å². The van der Waals surface area contributed by atoms with Crippen LogP contribution in [0.5, 0.6) is 0 Å². The fourth-order valence-electron chi connectivity index (χ4n) is 2.30. The fourth-order valence-corrected chi connectivity index (χ4v) is 2.30. The van der Waals surface area contributed by atoms with Gasteiger partial charge in [-0.25, -0.2) is 4.98 Å². The number of imidazole rings is 1. The van der Waals surface area contributed by atoms with E-state index >= 15 is 0 Å². The van der Waals surface area contributed by atoms with E-state index in [4.69, 9.17) is 11.0 Å². The standard InChI is InChI=1S/C16H14N4/c1-11-5-7-12(8-6-11)10-20-14-4-2-3-13(9-17)15(14)19-16(20)18/h2-8H,10H2,1H3,(H2,18,19). The van der Waals surface area contributed by atoms with Crippen LogP contribution in [0.1, 0.15) is 16.7 Å². The number of aromatic nitrogens is 2. The molecular weight excluding hydrogens is 248 g/mol. The van der Waals surface area contributed by atoms with Gasteiger partial charge in [0.15, 0.2) is 0 Å². The highest BCUT2D eigenvalue weighted by atomic mass is 15.1. The maximum Gasteiger partial charge on any atom is 0.201 e. The van der Waals surface area contributed by atoms with Gasteiger partial charge in [-0.3, -0.25) is 0 Å². The molecule has 0 amide bonds. The number of nitriles is 1. The lowest BCUT2D eigenvalue weighted by Gasteiger charge is -2.07. The van der Waals surface area contributed by atoms with Gasteiger partial charge in [0, 0.05) is 0 Å². The van der Waals surface area contributed by atoms with Crippen LogP contribution < -0.4 is 5.73 Å². The summed E-state index contributed by atoms with van der Waals surface area (Å²) in [5.41, 5.74) is 10.5. The first kappa shape index (κ1) is 12.2. The van der Waals surface area contributed by atoms with Gasteiger partial charge >= 0.3 is 0 Å². The molecule has 4 heteroatoms. The Bertz CT molecular complexity index is 807. The van der Waals surface area contributed by atoms with Crippen LogP contribution in [-0.2, 0) is 6.54 Å². The topological polar surface area (TPSA) is 67.6 Å². The number of aryl methyl sites for hydroxylation is 1. The van der Waals surface area contributed by atoms with Crippen LogP contribution in [0, 0.1) is 18.3 Å². The molecule has 2 aromatic carbocycles. The van der Waals surface area contributed by atoms with E-state index in [1.807, 2.05) is 16.7 Å². The Balaban J connectivity index is 2.10. The van der Waals surface area contributed by atoms with Gasteiger partial charge in [-0.2, -0.15) is 5.26 Å². The van der Waals surface area contributed by atoms with Crippen molar-refractivity contribution in [3.8, 4) is 6.07 Å². The Morgan fingerprint density at radius 3 is 2.65 bits per heavy atom. The first-order chi connectivity index (χ1) is 9.69. The van der Waals surface area contributed by atoms with E-state index in [0.717, 1.165) is 11.1 Å². The molecule has 0 saturated carbocycles. The van der Waals surface area contributed by atoms with Crippen molar-refractivity contribution < 1.29 is 0 Å². The Morgan fingerprint density at radius 2 is 1.95 bits per heavy atom. The molecule has 0 fully saturated rings. The molecule has 2 N–H and O–H groups in total. The second kappa shape index (κ2) is 4.71. The van der Waals surface area contributed by atoms with Crippen molar-refractivity contribution in [2.45, 2.75) is 13.5 Å². The molecule has 0 bridgehead atoms. The van der Waals surface area contributed by atoms with Crippen molar-refractivity contribution in [2.24, 2.45) is 0 Å². The number of fused-ring (bicyclic) bond motifs is 1. The van der Waals surface area contributed by atoms with Crippen LogP contribution >= 0.6 is 0 Å². The zero-order valence-corrected chi connectivity index (χ0v) is 11.2. The molecule has 0 saturated heterocycles. The summed E-state index contributed by atoms with van der Waals surface area (Å²) in [6.07, 6.45) is 0. The summed E-state index contributed by atoms with van der Waals surface area (Å²) in [7, 11) is 0. The van der Waals surface area contributed by atoms with Crippen molar-refractivity contribution in [2.75, 3.05) is 5.73 Å². The normalized spacial score (nSPS) is 10.6. The highest BCUT2D eigenvalue weighted by Crippen LogP contribution is 2.22. The van der Waals surface area contributed by atoms with Crippen LogP contribution in [0.25, 0.3) is 11.0 Å². The lowest BCUT2D eigenvalue weighted by atomic mass is 10.1. The highest BCUT2D eigenvalue weighted by Gasteiger charge is 2.11. The van der Waals surface area contributed by atoms with Gasteiger partial charge in [-0.1, -0.05) is 35.9 Å². The average molecular weight is 262 g/mol. The first-order valence-electron chi connectivity index (χ1n) is 6.39. The third-order valence-corrected chi connectivity index (χ3v) is 3.39. The summed E-state index contributed by atoms with van der Waals surface area (Å²) in [6, 6.07) is 16.0. The van der Waals surface area contributed by atoms with E-state index < -0.39 is 0 Å². The molecule has 20 heavy (non-hydrogen) atoms. The molecule has 98 valence electrons. The molecular formula is C16H14N4. The summed E-state index contributed by atoms with van der Waals surface area (Å²) in [5.74, 6) is 0.434. The molecule has 0 aliphatic carbocycles. The van der Waals surface area contributed by atoms with Crippen molar-refractivity contribution in [3.05, 3.63) is 59.2 Å². The number of benzene rings is 2. The number of rotatable bonds is 2. The van der Waals surface area contributed by atoms with Gasteiger partial charge in [-0.15, -0.1) is 0 Å². The molecule has 0 radical (unpaired) electrons. The van der Waals surface area contributed by atoms with Crippen molar-refractivity contribution in [1.29, 1.82) is 5.26 Å². The van der Waals surface area contributed by atoms with Crippen LogP contribution in [-0.4, -0.2) is 9.55 Å². The third-order valence-electron chi connectivity index (χ3n) is 3.39. The minimum absolute atomic E-state index is 0.434. The van der Waals surface area contributed by atoms with E-state index in [-0.39, 0.29) is 0 Å². The zero-order valence-electron chi connectivity index (χ0n) is 11.2. The zero-order chi connectivity index (χ0) is 14.1. The largest absolute Gasteiger partial charge is 0.369 e. The Morgan fingerprint density at radius 1 is 1.20 bits per heavy atom. The molecule has 0 aliphatic rings. The number of nitrogens with zero attached hydrogens (tertiary/aromatic N) is 3. The molecule has 0 atom stereocenters. The van der Waals surface area contributed by atoms with Crippen molar-refractivity contribution >= 4 is 17.0 Å². The lowest BCUT2D eigenvalue weighted by Crippen LogP contribution is -2.04. The summed E-state index contributed by atoms with van der Waals surface area (Å²) in [4.78, 5) is 4.32. The lowest BCUT2D eigenvalue weighted by molar-refractivity contribution is 0.838. The van der Waals surface area contributed by atoms with Gasteiger partial charge in [0.05, 0.1) is 17.6 Å². The third kappa shape index (κ3) is 1.99. The van der Waals surface area contributed by atoms with Gasteiger partial charge in [0.1, 0.15) is 11.6 Å². The minimum Gasteiger partial charge on any atom is -0.369 e. The monoisotopic (exact) mass is 262 g/mol. The quantitative estimate of drug-likeness (QED) is 0.772. The van der Waals surface area contributed by atoms with E-state index in [2.05, 4.69) is 42.2 Å². The summed E-state index contributed by atoms with van der Waals surface area (Å²) in [6.45, 7) is 2.71. The van der Waals surface area contributed by atoms with Gasteiger partial charge in [0.25, 0.3) is 0 Å². The number of para-hydroxylation sites is 1. The minimum atomic E-state index is 0.434. The number of nitrogens with two attached hydrogens (primary N) is 1. The number of anilines is 1. The SMILES string of the molecule is Cc1ccc(Cn2c(N)nc3c(C#N)cccc32)cc1. The molecule has 3 aromatic rings. The van der Waals surface area contributed by atoms with Crippen molar-refractivity contribution in [1.82, 2.24) is 9.55 Å².